The van der Waals surface area contributed by atoms with Crippen molar-refractivity contribution in [2.75, 3.05) is 51.7 Å². The number of para-hydroxylation sites is 2. The third-order valence-electron chi connectivity index (χ3n) is 4.50. The van der Waals surface area contributed by atoms with Gasteiger partial charge in [-0.2, -0.15) is 0 Å². The average molecular weight is 343 g/mol. The number of likely N-dealkylation sites (N-methyl/N-ethyl adjacent to an activating group) is 1. The molecule has 6 nitrogen and oxygen atoms in total. The molecule has 0 unspecified atom stereocenters. The molecule has 2 aromatic rings. The van der Waals surface area contributed by atoms with Crippen molar-refractivity contribution in [3.63, 3.8) is 0 Å². The van der Waals surface area contributed by atoms with E-state index in [0.29, 0.717) is 29.4 Å². The lowest BCUT2D eigenvalue weighted by atomic mass is 10.2. The minimum atomic E-state index is -0.193. The molecule has 25 heavy (non-hydrogen) atoms. The first-order chi connectivity index (χ1) is 12.1. The van der Waals surface area contributed by atoms with Gasteiger partial charge < -0.3 is 19.4 Å². The van der Waals surface area contributed by atoms with Crippen LogP contribution in [0.1, 0.15) is 16.1 Å². The van der Waals surface area contributed by atoms with E-state index in [0.717, 1.165) is 32.7 Å². The van der Waals surface area contributed by atoms with Crippen molar-refractivity contribution >= 4 is 11.6 Å². The highest BCUT2D eigenvalue weighted by molar-refractivity contribution is 6.05. The van der Waals surface area contributed by atoms with Crippen molar-refractivity contribution in [2.45, 2.75) is 6.92 Å². The van der Waals surface area contributed by atoms with Gasteiger partial charge >= 0.3 is 0 Å². The first-order valence-corrected chi connectivity index (χ1v) is 8.61. The van der Waals surface area contributed by atoms with Crippen LogP contribution in [-0.2, 0) is 0 Å². The van der Waals surface area contributed by atoms with Gasteiger partial charge in [0.1, 0.15) is 18.1 Å². The van der Waals surface area contributed by atoms with E-state index in [4.69, 9.17) is 9.15 Å². The van der Waals surface area contributed by atoms with Gasteiger partial charge in [0.05, 0.1) is 17.5 Å². The number of carbonyl (C=O) groups excluding carboxylic acids is 1. The van der Waals surface area contributed by atoms with E-state index in [9.17, 15) is 4.79 Å². The number of nitrogens with one attached hydrogen (secondary N) is 1. The number of furan rings is 1. The normalized spacial score (nSPS) is 15.9. The number of hydrogen-bond acceptors (Lipinski definition) is 5. The minimum absolute atomic E-state index is 0.193. The summed E-state index contributed by atoms with van der Waals surface area (Å²) in [6.45, 7) is 7.58. The Labute approximate surface area is 148 Å². The summed E-state index contributed by atoms with van der Waals surface area (Å²) < 4.78 is 11.1. The summed E-state index contributed by atoms with van der Waals surface area (Å²) in [7, 11) is 2.15. The molecule has 1 aromatic carbocycles. The van der Waals surface area contributed by atoms with Gasteiger partial charge in [0.2, 0.25) is 0 Å². The number of rotatable bonds is 6. The van der Waals surface area contributed by atoms with Crippen LogP contribution in [0.4, 0.5) is 5.69 Å². The van der Waals surface area contributed by atoms with Crippen molar-refractivity contribution in [1.29, 1.82) is 0 Å². The SMILES string of the molecule is Cc1occc1C(=O)Nc1ccccc1OCCN1CCN(C)CC1. The molecule has 0 bridgehead atoms. The third-order valence-corrected chi connectivity index (χ3v) is 4.50. The summed E-state index contributed by atoms with van der Waals surface area (Å²) in [4.78, 5) is 17.1. The van der Waals surface area contributed by atoms with Gasteiger partial charge in [-0.1, -0.05) is 12.1 Å². The number of aryl methyl sites for hydroxylation is 1. The van der Waals surface area contributed by atoms with E-state index in [1.54, 1.807) is 13.0 Å². The molecule has 1 N–H and O–H groups in total. The van der Waals surface area contributed by atoms with E-state index >= 15 is 0 Å². The van der Waals surface area contributed by atoms with Crippen LogP contribution in [-0.4, -0.2) is 62.1 Å². The zero-order valence-corrected chi connectivity index (χ0v) is 14.8. The number of ether oxygens (including phenoxy) is 1. The number of nitrogens with zero attached hydrogens (tertiary/aromatic N) is 2. The first kappa shape index (κ1) is 17.5. The maximum Gasteiger partial charge on any atom is 0.259 e. The van der Waals surface area contributed by atoms with Gasteiger partial charge in [-0.15, -0.1) is 0 Å². The molecule has 1 aromatic heterocycles. The van der Waals surface area contributed by atoms with E-state index in [1.807, 2.05) is 24.3 Å². The molecule has 1 aliphatic heterocycles. The monoisotopic (exact) mass is 343 g/mol. The van der Waals surface area contributed by atoms with Crippen LogP contribution in [0.5, 0.6) is 5.75 Å². The summed E-state index contributed by atoms with van der Waals surface area (Å²) in [6, 6.07) is 9.18. The molecule has 1 saturated heterocycles. The molecule has 3 rings (SSSR count). The van der Waals surface area contributed by atoms with Gasteiger partial charge in [-0.3, -0.25) is 9.69 Å². The molecule has 0 atom stereocenters. The number of carbonyl (C=O) groups is 1. The number of hydrogen-bond donors (Lipinski definition) is 1. The van der Waals surface area contributed by atoms with Crippen molar-refractivity contribution in [3.8, 4) is 5.75 Å². The first-order valence-electron chi connectivity index (χ1n) is 8.61. The molecule has 1 aliphatic rings. The molecule has 0 saturated carbocycles. The van der Waals surface area contributed by atoms with Crippen LogP contribution in [0.15, 0.2) is 41.0 Å². The van der Waals surface area contributed by atoms with Crippen LogP contribution in [0.3, 0.4) is 0 Å². The quantitative estimate of drug-likeness (QED) is 0.873. The molecule has 0 spiro atoms. The van der Waals surface area contributed by atoms with E-state index in [1.165, 1.54) is 6.26 Å². The number of anilines is 1. The third kappa shape index (κ3) is 4.61. The topological polar surface area (TPSA) is 58.0 Å². The molecular formula is C19H25N3O3. The Hall–Kier alpha value is -2.31. The fourth-order valence-electron chi connectivity index (χ4n) is 2.86. The molecule has 6 heteroatoms. The van der Waals surface area contributed by atoms with Crippen LogP contribution < -0.4 is 10.1 Å². The van der Waals surface area contributed by atoms with Gasteiger partial charge in [0.25, 0.3) is 5.91 Å². The van der Waals surface area contributed by atoms with Crippen LogP contribution in [0.25, 0.3) is 0 Å². The molecule has 2 heterocycles. The summed E-state index contributed by atoms with van der Waals surface area (Å²) in [5.74, 6) is 1.10. The second kappa shape index (κ2) is 8.18. The molecule has 0 aliphatic carbocycles. The average Bonchev–Trinajstić information content (AvgIpc) is 3.04. The second-order valence-electron chi connectivity index (χ2n) is 6.33. The van der Waals surface area contributed by atoms with Crippen LogP contribution in [0, 0.1) is 6.92 Å². The Morgan fingerprint density at radius 2 is 1.96 bits per heavy atom. The van der Waals surface area contributed by atoms with Crippen LogP contribution >= 0.6 is 0 Å². The smallest absolute Gasteiger partial charge is 0.259 e. The zero-order chi connectivity index (χ0) is 17.6. The van der Waals surface area contributed by atoms with Gasteiger partial charge in [0, 0.05) is 32.7 Å². The highest BCUT2D eigenvalue weighted by atomic mass is 16.5. The lowest BCUT2D eigenvalue weighted by molar-refractivity contribution is 0.102. The lowest BCUT2D eigenvalue weighted by Crippen LogP contribution is -2.45. The van der Waals surface area contributed by atoms with Gasteiger partial charge in [0.15, 0.2) is 0 Å². The Morgan fingerprint density at radius 3 is 2.68 bits per heavy atom. The maximum absolute atomic E-state index is 12.4. The fraction of sp³-hybridized carbons (Fsp3) is 0.421. The second-order valence-corrected chi connectivity index (χ2v) is 6.33. The minimum Gasteiger partial charge on any atom is -0.490 e. The summed E-state index contributed by atoms with van der Waals surface area (Å²) in [5.41, 5.74) is 1.21. The van der Waals surface area contributed by atoms with E-state index in [-0.39, 0.29) is 5.91 Å². The Bertz CT molecular complexity index is 705. The molecule has 1 fully saturated rings. The number of benzene rings is 1. The van der Waals surface area contributed by atoms with Crippen LogP contribution in [0.2, 0.25) is 0 Å². The predicted octanol–water partition coefficient (Wildman–Crippen LogP) is 2.47. The predicted molar refractivity (Wildman–Crippen MR) is 97.3 cm³/mol. The largest absolute Gasteiger partial charge is 0.490 e. The van der Waals surface area contributed by atoms with Crippen molar-refractivity contribution in [3.05, 3.63) is 47.9 Å². The van der Waals surface area contributed by atoms with Crippen molar-refractivity contribution in [2.24, 2.45) is 0 Å². The number of amides is 1. The molecule has 134 valence electrons. The lowest BCUT2D eigenvalue weighted by Gasteiger charge is -2.32. The highest BCUT2D eigenvalue weighted by Gasteiger charge is 2.15. The Kier molecular flexibility index (Phi) is 5.73. The molecular weight excluding hydrogens is 318 g/mol. The standard InChI is InChI=1S/C19H25N3O3/c1-15-16(7-13-24-15)19(23)20-17-5-3-4-6-18(17)25-14-12-22-10-8-21(2)9-11-22/h3-7,13H,8-12,14H2,1-2H3,(H,20,23). The molecule has 1 amide bonds. The molecule has 0 radical (unpaired) electrons. The summed E-state index contributed by atoms with van der Waals surface area (Å²) in [5, 5.41) is 2.90. The highest BCUT2D eigenvalue weighted by Crippen LogP contribution is 2.25. The Balaban J connectivity index is 1.55. The maximum atomic E-state index is 12.4. The number of piperazine rings is 1. The summed E-state index contributed by atoms with van der Waals surface area (Å²) >= 11 is 0. The fourth-order valence-corrected chi connectivity index (χ4v) is 2.86. The van der Waals surface area contributed by atoms with Crippen molar-refractivity contribution < 1.29 is 13.9 Å². The van der Waals surface area contributed by atoms with Crippen molar-refractivity contribution in [1.82, 2.24) is 9.80 Å². The van der Waals surface area contributed by atoms with E-state index in [2.05, 4.69) is 22.2 Å². The Morgan fingerprint density at radius 1 is 1.20 bits per heavy atom. The van der Waals surface area contributed by atoms with Gasteiger partial charge in [-0.05, 0) is 32.2 Å². The van der Waals surface area contributed by atoms with E-state index < -0.39 is 0 Å². The summed E-state index contributed by atoms with van der Waals surface area (Å²) in [6.07, 6.45) is 1.52. The van der Waals surface area contributed by atoms with Gasteiger partial charge in [-0.25, -0.2) is 0 Å². The zero-order valence-electron chi connectivity index (χ0n) is 14.8.